The van der Waals surface area contributed by atoms with Gasteiger partial charge in [-0.3, -0.25) is 4.79 Å². The first-order chi connectivity index (χ1) is 12.3. The number of carbonyl (C=O) groups is 1. The number of hydrogen-bond acceptors (Lipinski definition) is 2. The lowest BCUT2D eigenvalue weighted by Gasteiger charge is -2.09. The van der Waals surface area contributed by atoms with Crippen LogP contribution in [0.5, 0.6) is 0 Å². The molecule has 1 heterocycles. The van der Waals surface area contributed by atoms with E-state index in [0.29, 0.717) is 12.1 Å². The van der Waals surface area contributed by atoms with E-state index in [-0.39, 0.29) is 6.42 Å². The molecule has 0 fully saturated rings. The highest BCUT2D eigenvalue weighted by molar-refractivity contribution is 5.85. The summed E-state index contributed by atoms with van der Waals surface area (Å²) < 4.78 is 39.9. The molecule has 0 aliphatic rings. The summed E-state index contributed by atoms with van der Waals surface area (Å²) in [6.45, 7) is 0.376. The number of aromatic nitrogens is 1. The fraction of sp³-hybridized carbons (Fsp3) is 0.211. The van der Waals surface area contributed by atoms with Gasteiger partial charge in [-0.15, -0.1) is 0 Å². The number of para-hydroxylation sites is 1. The maximum atomic E-state index is 12.7. The fourth-order valence-electron chi connectivity index (χ4n) is 2.94. The minimum absolute atomic E-state index is 0.176. The van der Waals surface area contributed by atoms with Gasteiger partial charge in [0.2, 0.25) is 0 Å². The Bertz CT molecular complexity index is 930. The van der Waals surface area contributed by atoms with Crippen molar-refractivity contribution in [3.05, 3.63) is 71.4 Å². The molecule has 7 heteroatoms. The lowest BCUT2D eigenvalue weighted by molar-refractivity contribution is -0.139. The summed E-state index contributed by atoms with van der Waals surface area (Å²) in [5.74, 6) is -1.08. The van der Waals surface area contributed by atoms with Gasteiger partial charge < -0.3 is 15.4 Å². The predicted molar refractivity (Wildman–Crippen MR) is 91.8 cm³/mol. The van der Waals surface area contributed by atoms with E-state index in [2.05, 4.69) is 0 Å². The Labute approximate surface area is 147 Å². The second kappa shape index (κ2) is 6.84. The summed E-state index contributed by atoms with van der Waals surface area (Å²) in [4.78, 5) is 11.0. The van der Waals surface area contributed by atoms with Crippen molar-refractivity contribution in [2.45, 2.75) is 25.2 Å². The van der Waals surface area contributed by atoms with Crippen LogP contribution in [0.3, 0.4) is 0 Å². The van der Waals surface area contributed by atoms with Gasteiger partial charge >= 0.3 is 12.1 Å². The number of nitrogens with zero attached hydrogens (tertiary/aromatic N) is 1. The average molecular weight is 362 g/mol. The second-order valence-electron chi connectivity index (χ2n) is 6.14. The van der Waals surface area contributed by atoms with Crippen molar-refractivity contribution in [2.75, 3.05) is 0 Å². The molecule has 0 saturated carbocycles. The van der Waals surface area contributed by atoms with Crippen molar-refractivity contribution in [1.82, 2.24) is 4.57 Å². The van der Waals surface area contributed by atoms with Crippen LogP contribution in [0.25, 0.3) is 10.9 Å². The number of benzene rings is 2. The Morgan fingerprint density at radius 1 is 1.12 bits per heavy atom. The Morgan fingerprint density at radius 3 is 2.38 bits per heavy atom. The van der Waals surface area contributed by atoms with Crippen LogP contribution in [-0.2, 0) is 23.9 Å². The number of fused-ring (bicyclic) bond motifs is 1. The lowest BCUT2D eigenvalue weighted by atomic mass is 10.1. The van der Waals surface area contributed by atoms with E-state index in [9.17, 15) is 18.0 Å². The molecule has 0 spiro atoms. The van der Waals surface area contributed by atoms with Crippen LogP contribution in [0, 0.1) is 0 Å². The van der Waals surface area contributed by atoms with E-state index in [1.165, 1.54) is 12.1 Å². The third-order valence-corrected chi connectivity index (χ3v) is 4.26. The van der Waals surface area contributed by atoms with Gasteiger partial charge in [0.25, 0.3) is 0 Å². The molecule has 0 saturated heterocycles. The second-order valence-corrected chi connectivity index (χ2v) is 6.14. The molecule has 26 heavy (non-hydrogen) atoms. The molecule has 1 aromatic heterocycles. The highest BCUT2D eigenvalue weighted by Gasteiger charge is 2.29. The quantitative estimate of drug-likeness (QED) is 0.728. The number of rotatable bonds is 5. The molecule has 3 N–H and O–H groups in total. The third kappa shape index (κ3) is 3.72. The highest BCUT2D eigenvalue weighted by Crippen LogP contribution is 2.29. The summed E-state index contributed by atoms with van der Waals surface area (Å²) in [5.41, 5.74) is 7.34. The largest absolute Gasteiger partial charge is 0.480 e. The van der Waals surface area contributed by atoms with Gasteiger partial charge in [-0.25, -0.2) is 0 Å². The van der Waals surface area contributed by atoms with Gasteiger partial charge in [0.05, 0.1) is 5.56 Å². The van der Waals surface area contributed by atoms with Crippen LogP contribution >= 0.6 is 0 Å². The van der Waals surface area contributed by atoms with Gasteiger partial charge in [-0.2, -0.15) is 13.2 Å². The summed E-state index contributed by atoms with van der Waals surface area (Å²) in [5, 5.41) is 9.91. The fourth-order valence-corrected chi connectivity index (χ4v) is 2.94. The Morgan fingerprint density at radius 2 is 1.77 bits per heavy atom. The van der Waals surface area contributed by atoms with Crippen molar-refractivity contribution in [2.24, 2.45) is 5.73 Å². The zero-order chi connectivity index (χ0) is 18.9. The van der Waals surface area contributed by atoms with Crippen LogP contribution in [0.4, 0.5) is 13.2 Å². The highest BCUT2D eigenvalue weighted by atomic mass is 19.4. The van der Waals surface area contributed by atoms with E-state index < -0.39 is 23.8 Å². The smallest absolute Gasteiger partial charge is 0.416 e. The Kier molecular flexibility index (Phi) is 4.73. The predicted octanol–water partition coefficient (Wildman–Crippen LogP) is 3.66. The first kappa shape index (κ1) is 18.0. The number of nitrogens with two attached hydrogens (primary N) is 1. The van der Waals surface area contributed by atoms with Gasteiger partial charge in [-0.1, -0.05) is 30.3 Å². The molecule has 0 radical (unpaired) electrons. The summed E-state index contributed by atoms with van der Waals surface area (Å²) >= 11 is 0. The zero-order valence-corrected chi connectivity index (χ0v) is 13.7. The normalized spacial score (nSPS) is 13.1. The van der Waals surface area contributed by atoms with Crippen LogP contribution in [0.15, 0.2) is 54.7 Å². The number of aliphatic carboxylic acids is 1. The van der Waals surface area contributed by atoms with Gasteiger partial charge in [0.1, 0.15) is 6.04 Å². The SMILES string of the molecule is N[C@@H](Cc1cn(Cc2ccc(C(F)(F)F)cc2)c2ccccc12)C(=O)O. The molecule has 0 unspecified atom stereocenters. The molecule has 3 aromatic rings. The molecule has 3 rings (SSSR count). The topological polar surface area (TPSA) is 68.2 Å². The Hall–Kier alpha value is -2.80. The first-order valence-corrected chi connectivity index (χ1v) is 7.97. The van der Waals surface area contributed by atoms with E-state index in [0.717, 1.165) is 28.6 Å². The van der Waals surface area contributed by atoms with Gasteiger partial charge in [0.15, 0.2) is 0 Å². The molecule has 0 aliphatic heterocycles. The molecular formula is C19H17F3N2O2. The molecular weight excluding hydrogens is 345 g/mol. The van der Waals surface area contributed by atoms with Gasteiger partial charge in [0, 0.05) is 30.1 Å². The summed E-state index contributed by atoms with van der Waals surface area (Å²) in [6, 6.07) is 11.5. The maximum absolute atomic E-state index is 12.7. The minimum atomic E-state index is -4.36. The van der Waals surface area contributed by atoms with Crippen molar-refractivity contribution < 1.29 is 23.1 Å². The van der Waals surface area contributed by atoms with E-state index in [1.54, 1.807) is 0 Å². The number of halogens is 3. The van der Waals surface area contributed by atoms with Crippen LogP contribution < -0.4 is 5.73 Å². The summed E-state index contributed by atoms with van der Waals surface area (Å²) in [7, 11) is 0. The van der Waals surface area contributed by atoms with Gasteiger partial charge in [-0.05, 0) is 29.3 Å². The molecule has 0 bridgehead atoms. The molecule has 0 aliphatic carbocycles. The van der Waals surface area contributed by atoms with Crippen molar-refractivity contribution >= 4 is 16.9 Å². The third-order valence-electron chi connectivity index (χ3n) is 4.26. The number of carboxylic acids is 1. The molecule has 2 aromatic carbocycles. The van der Waals surface area contributed by atoms with Crippen molar-refractivity contribution in [1.29, 1.82) is 0 Å². The zero-order valence-electron chi connectivity index (χ0n) is 13.7. The average Bonchev–Trinajstić information content (AvgIpc) is 2.92. The number of carboxylic acid groups (broad SMARTS) is 1. The van der Waals surface area contributed by atoms with Crippen LogP contribution in [-0.4, -0.2) is 21.7 Å². The van der Waals surface area contributed by atoms with E-state index in [1.807, 2.05) is 35.0 Å². The van der Waals surface area contributed by atoms with Crippen LogP contribution in [0.2, 0.25) is 0 Å². The molecule has 136 valence electrons. The number of hydrogen-bond donors (Lipinski definition) is 2. The first-order valence-electron chi connectivity index (χ1n) is 7.97. The molecule has 4 nitrogen and oxygen atoms in total. The molecule has 1 atom stereocenters. The minimum Gasteiger partial charge on any atom is -0.480 e. The van der Waals surface area contributed by atoms with Crippen LogP contribution in [0.1, 0.15) is 16.7 Å². The lowest BCUT2D eigenvalue weighted by Crippen LogP contribution is -2.32. The monoisotopic (exact) mass is 362 g/mol. The van der Waals surface area contributed by atoms with Crippen molar-refractivity contribution in [3.8, 4) is 0 Å². The molecule has 0 amide bonds. The van der Waals surface area contributed by atoms with E-state index in [4.69, 9.17) is 10.8 Å². The summed E-state index contributed by atoms with van der Waals surface area (Å²) in [6.07, 6.45) is -2.38. The van der Waals surface area contributed by atoms with Crippen molar-refractivity contribution in [3.63, 3.8) is 0 Å². The van der Waals surface area contributed by atoms with E-state index >= 15 is 0 Å². The maximum Gasteiger partial charge on any atom is 0.416 e. The number of alkyl halides is 3. The Balaban J connectivity index is 1.92. The standard InChI is InChI=1S/C19H17F3N2O2/c20-19(21,22)14-7-5-12(6-8-14)10-24-11-13(9-16(23)18(25)26)15-3-1-2-4-17(15)24/h1-8,11,16H,9-10,23H2,(H,25,26)/t16-/m0/s1.